The minimum atomic E-state index is -5.09. The number of benzene rings is 3. The van der Waals surface area contributed by atoms with Gasteiger partial charge in [-0.1, -0.05) is 18.2 Å². The van der Waals surface area contributed by atoms with Crippen molar-refractivity contribution < 1.29 is 96.3 Å². The number of nitrogens with zero attached hydrogens (tertiary/aromatic N) is 2. The summed E-state index contributed by atoms with van der Waals surface area (Å²) in [6, 6.07) is 9.62. The Morgan fingerprint density at radius 2 is 1.73 bits per heavy atom. The Kier molecular flexibility index (Phi) is 10.4. The minimum Gasteiger partial charge on any atom is -0.807 e. The van der Waals surface area contributed by atoms with Gasteiger partial charge in [0.25, 0.3) is 0 Å². The Hall–Kier alpha value is -1.15. The molecule has 0 unspecified atom stereocenters. The van der Waals surface area contributed by atoms with Crippen molar-refractivity contribution in [2.45, 2.75) is 11.8 Å². The number of anilines is 1. The zero-order valence-electron chi connectivity index (χ0n) is 17.7. The summed E-state index contributed by atoms with van der Waals surface area (Å²) < 4.78 is 46.3. The van der Waals surface area contributed by atoms with E-state index in [1.807, 2.05) is 0 Å². The van der Waals surface area contributed by atoms with Gasteiger partial charge in [0, 0.05) is 18.0 Å². The molecule has 33 heavy (non-hydrogen) atoms. The van der Waals surface area contributed by atoms with E-state index in [-0.39, 0.29) is 81.5 Å². The average molecular weight is 508 g/mol. The summed E-state index contributed by atoms with van der Waals surface area (Å²) >= 11 is 0. The van der Waals surface area contributed by atoms with E-state index in [0.717, 1.165) is 18.2 Å². The first-order valence-corrected chi connectivity index (χ1v) is 11.4. The molecule has 0 aliphatic carbocycles. The number of carbonyl (C=O) groups excluding carboxylic acids is 1. The zero-order chi connectivity index (χ0) is 23.0. The first-order valence-electron chi connectivity index (χ1n) is 8.44. The molecule has 0 aliphatic rings. The number of phenols is 1. The summed E-state index contributed by atoms with van der Waals surface area (Å²) in [5.74, 6) is -1.08. The van der Waals surface area contributed by atoms with Crippen LogP contribution in [0.2, 0.25) is 0 Å². The molecule has 0 fully saturated rings. The van der Waals surface area contributed by atoms with Crippen LogP contribution < -0.4 is 79.5 Å². The largest absolute Gasteiger partial charge is 1.00 e. The molecule has 3 aromatic rings. The second-order valence-corrected chi connectivity index (χ2v) is 9.22. The van der Waals surface area contributed by atoms with Crippen molar-refractivity contribution >= 4 is 56.8 Å². The van der Waals surface area contributed by atoms with E-state index >= 15 is 0 Å². The number of aromatic hydroxyl groups is 1. The molecule has 0 heterocycles. The van der Waals surface area contributed by atoms with Crippen molar-refractivity contribution in [1.29, 1.82) is 0 Å². The molecule has 0 saturated heterocycles. The van der Waals surface area contributed by atoms with E-state index in [0.29, 0.717) is 5.69 Å². The van der Waals surface area contributed by atoms with Gasteiger partial charge in [-0.2, -0.15) is 5.11 Å². The predicted molar refractivity (Wildman–Crippen MR) is 106 cm³/mol. The Morgan fingerprint density at radius 3 is 2.30 bits per heavy atom. The zero-order valence-corrected chi connectivity index (χ0v) is 23.4. The van der Waals surface area contributed by atoms with Crippen LogP contribution in [-0.2, 0) is 19.5 Å². The Bertz CT molecular complexity index is 1390. The summed E-state index contributed by atoms with van der Waals surface area (Å²) in [7, 11) is -10.2. The number of hydrogen-bond donors (Lipinski definition) is 2. The van der Waals surface area contributed by atoms with E-state index in [1.165, 1.54) is 37.3 Å². The van der Waals surface area contributed by atoms with Gasteiger partial charge in [0.15, 0.2) is 5.75 Å². The van der Waals surface area contributed by atoms with Crippen LogP contribution in [0.5, 0.6) is 5.75 Å². The predicted octanol–water partition coefficient (Wildman–Crippen LogP) is -4.63. The van der Waals surface area contributed by atoms with Crippen LogP contribution in [0.25, 0.3) is 10.8 Å². The Labute approximate surface area is 232 Å². The van der Waals surface area contributed by atoms with E-state index in [4.69, 9.17) is 0 Å². The third kappa shape index (κ3) is 7.41. The van der Waals surface area contributed by atoms with Crippen molar-refractivity contribution in [2.75, 3.05) is 5.32 Å². The Balaban J connectivity index is 0.00000272. The summed E-state index contributed by atoms with van der Waals surface area (Å²) in [4.78, 5) is 32.7. The molecule has 0 radical (unpaired) electrons. The number of fused-ring (bicyclic) bond motifs is 1. The first kappa shape index (κ1) is 29.9. The van der Waals surface area contributed by atoms with Gasteiger partial charge in [0.2, 0.25) is 5.91 Å². The molecule has 11 nitrogen and oxygen atoms in total. The molecule has 3 aromatic carbocycles. The SMILES string of the molecule is CC(=O)Nc1ccc2cc(S(=O)(=O)[O-])c(N=Nc3cccc(P(=O)([O-])[O-])c3)c(O)c2c1.[Na+].[Na+]. The van der Waals surface area contributed by atoms with Gasteiger partial charge >= 0.3 is 59.1 Å². The van der Waals surface area contributed by atoms with Crippen molar-refractivity contribution in [3.63, 3.8) is 0 Å². The maximum Gasteiger partial charge on any atom is 1.00 e. The van der Waals surface area contributed by atoms with Crippen LogP contribution in [0, 0.1) is 0 Å². The van der Waals surface area contributed by atoms with Crippen LogP contribution in [0.1, 0.15) is 6.92 Å². The van der Waals surface area contributed by atoms with Gasteiger partial charge < -0.3 is 29.3 Å². The second kappa shape index (κ2) is 11.5. The monoisotopic (exact) mass is 508 g/mol. The smallest absolute Gasteiger partial charge is 0.807 e. The number of phenolic OH excluding ortho intramolecular Hbond substituents is 1. The van der Waals surface area contributed by atoms with Crippen molar-refractivity contribution in [3.05, 3.63) is 48.5 Å². The van der Waals surface area contributed by atoms with Crippen LogP contribution in [0.15, 0.2) is 63.7 Å². The molecule has 0 bridgehead atoms. The fourth-order valence-electron chi connectivity index (χ4n) is 2.74. The average Bonchev–Trinajstić information content (AvgIpc) is 2.66. The third-order valence-corrected chi connectivity index (χ3v) is 5.81. The minimum absolute atomic E-state index is 0. The van der Waals surface area contributed by atoms with Gasteiger partial charge in [-0.15, -0.1) is 5.11 Å². The Morgan fingerprint density at radius 1 is 1.06 bits per heavy atom. The summed E-state index contributed by atoms with van der Waals surface area (Å²) in [5, 5.41) is 20.1. The summed E-state index contributed by atoms with van der Waals surface area (Å²) in [5.41, 5.74) is -0.518. The maximum atomic E-state index is 11.7. The molecular formula is C18H13N3Na2O8PS-. The van der Waals surface area contributed by atoms with Gasteiger partial charge in [0.05, 0.1) is 10.6 Å². The molecule has 0 aliphatic heterocycles. The first-order chi connectivity index (χ1) is 14.4. The molecule has 0 aromatic heterocycles. The molecule has 15 heteroatoms. The van der Waals surface area contributed by atoms with Gasteiger partial charge in [0.1, 0.15) is 15.8 Å². The van der Waals surface area contributed by atoms with Crippen molar-refractivity contribution in [3.8, 4) is 5.75 Å². The van der Waals surface area contributed by atoms with Crippen LogP contribution in [0.3, 0.4) is 0 Å². The van der Waals surface area contributed by atoms with Gasteiger partial charge in [-0.05, 0) is 48.6 Å². The molecule has 0 spiro atoms. The van der Waals surface area contributed by atoms with Crippen molar-refractivity contribution in [1.82, 2.24) is 0 Å². The number of azo groups is 1. The van der Waals surface area contributed by atoms with Crippen molar-refractivity contribution in [2.24, 2.45) is 10.2 Å². The van der Waals surface area contributed by atoms with Crippen LogP contribution in [0.4, 0.5) is 17.1 Å². The van der Waals surface area contributed by atoms with E-state index in [2.05, 4.69) is 15.5 Å². The molecule has 0 atom stereocenters. The van der Waals surface area contributed by atoms with Gasteiger partial charge in [-0.3, -0.25) is 4.79 Å². The summed E-state index contributed by atoms with van der Waals surface area (Å²) in [6.45, 7) is 1.27. The van der Waals surface area contributed by atoms with E-state index in [9.17, 15) is 37.2 Å². The molecule has 2 N–H and O–H groups in total. The third-order valence-electron chi connectivity index (χ3n) is 4.05. The second-order valence-electron chi connectivity index (χ2n) is 6.36. The van der Waals surface area contributed by atoms with E-state index in [1.54, 1.807) is 0 Å². The molecular weight excluding hydrogens is 495 g/mol. The number of hydrogen-bond acceptors (Lipinski definition) is 10. The topological polar surface area (TPSA) is 194 Å². The quantitative estimate of drug-likeness (QED) is 0.149. The molecule has 3 rings (SSSR count). The molecule has 162 valence electrons. The summed E-state index contributed by atoms with van der Waals surface area (Å²) in [6.07, 6.45) is 0. The number of rotatable bonds is 5. The number of carbonyl (C=O) groups is 1. The molecule has 0 saturated carbocycles. The number of nitrogens with one attached hydrogen (secondary N) is 1. The van der Waals surface area contributed by atoms with Crippen LogP contribution >= 0.6 is 7.60 Å². The molecule has 1 amide bonds. The van der Waals surface area contributed by atoms with E-state index < -0.39 is 39.4 Å². The number of amides is 1. The maximum absolute atomic E-state index is 11.7. The standard InChI is InChI=1S/C18H16N3O8PS.2Na/c1-10(22)19-12-6-5-11-7-16(31(27,28)29)17(18(23)15(11)9-12)21-20-13-3-2-4-14(8-13)30(24,25)26;;/h2-9,23H,1H3,(H,19,22)(H2,24,25,26)(H,27,28,29);;/q;2*+1/p-3. The fourth-order valence-corrected chi connectivity index (χ4v) is 3.95. The normalized spacial score (nSPS) is 11.6. The van der Waals surface area contributed by atoms with Crippen LogP contribution in [-0.4, -0.2) is 24.0 Å². The fraction of sp³-hybridized carbons (Fsp3) is 0.0556. The van der Waals surface area contributed by atoms with Gasteiger partial charge in [-0.25, -0.2) is 8.42 Å².